The highest BCUT2D eigenvalue weighted by Gasteiger charge is 2.38. The molecule has 0 spiro atoms. The minimum Gasteiger partial charge on any atom is -0.305 e. The van der Waals surface area contributed by atoms with Crippen molar-refractivity contribution >= 4 is 12.9 Å². The molecule has 0 radical (unpaired) electrons. The second kappa shape index (κ2) is 4.48. The second-order valence-electron chi connectivity index (χ2n) is 5.74. The Kier molecular flexibility index (Phi) is 3.44. The van der Waals surface area contributed by atoms with Gasteiger partial charge in [-0.1, -0.05) is 32.9 Å². The van der Waals surface area contributed by atoms with E-state index in [1.165, 1.54) is 5.56 Å². The van der Waals surface area contributed by atoms with Crippen LogP contribution < -0.4 is 5.30 Å². The first-order valence-electron chi connectivity index (χ1n) is 6.31. The lowest BCUT2D eigenvalue weighted by molar-refractivity contribution is 0.225. The SMILES string of the molecule is CCOP1(=O)OCc2cc(C(C)(C)C)cc(C)c21. The molecule has 1 aromatic rings. The summed E-state index contributed by atoms with van der Waals surface area (Å²) < 4.78 is 23.4. The molecule has 1 heterocycles. The summed E-state index contributed by atoms with van der Waals surface area (Å²) in [6, 6.07) is 4.19. The smallest absolute Gasteiger partial charge is 0.305 e. The maximum Gasteiger partial charge on any atom is 0.362 e. The molecule has 2 rings (SSSR count). The second-order valence-corrected chi connectivity index (χ2v) is 7.70. The molecule has 0 saturated carbocycles. The monoisotopic (exact) mass is 268 g/mol. The van der Waals surface area contributed by atoms with Gasteiger partial charge in [-0.05, 0) is 36.0 Å². The molecule has 1 aromatic carbocycles. The lowest BCUT2D eigenvalue weighted by Crippen LogP contribution is -2.17. The van der Waals surface area contributed by atoms with Gasteiger partial charge in [-0.25, -0.2) is 0 Å². The molecular formula is C14H21O3P. The van der Waals surface area contributed by atoms with Crippen molar-refractivity contribution in [1.29, 1.82) is 0 Å². The van der Waals surface area contributed by atoms with Gasteiger partial charge in [0.05, 0.1) is 18.5 Å². The van der Waals surface area contributed by atoms with Gasteiger partial charge in [-0.2, -0.15) is 0 Å². The maximum absolute atomic E-state index is 12.6. The Morgan fingerprint density at radius 1 is 1.39 bits per heavy atom. The molecule has 18 heavy (non-hydrogen) atoms. The molecule has 0 amide bonds. The number of benzene rings is 1. The highest BCUT2D eigenvalue weighted by molar-refractivity contribution is 7.62. The topological polar surface area (TPSA) is 35.5 Å². The Labute approximate surface area is 109 Å². The van der Waals surface area contributed by atoms with Crippen molar-refractivity contribution in [1.82, 2.24) is 0 Å². The van der Waals surface area contributed by atoms with Crippen molar-refractivity contribution in [2.24, 2.45) is 0 Å². The fraction of sp³-hybridized carbons (Fsp3) is 0.571. The standard InChI is InChI=1S/C14H21O3P/c1-6-16-18(15)13-10(2)7-12(14(3,4)5)8-11(13)9-17-18/h7-8H,6,9H2,1-5H3. The van der Waals surface area contributed by atoms with E-state index in [4.69, 9.17) is 9.05 Å². The first kappa shape index (κ1) is 13.8. The Balaban J connectivity index is 2.54. The molecular weight excluding hydrogens is 247 g/mol. The zero-order chi connectivity index (χ0) is 13.6. The molecule has 1 aliphatic rings. The van der Waals surface area contributed by atoms with Crippen LogP contribution in [0.4, 0.5) is 0 Å². The fourth-order valence-electron chi connectivity index (χ4n) is 2.28. The van der Waals surface area contributed by atoms with Crippen LogP contribution in [0.15, 0.2) is 12.1 Å². The van der Waals surface area contributed by atoms with Crippen molar-refractivity contribution in [3.63, 3.8) is 0 Å². The van der Waals surface area contributed by atoms with Crippen LogP contribution >= 0.6 is 7.60 Å². The minimum atomic E-state index is -3.07. The first-order valence-corrected chi connectivity index (χ1v) is 7.86. The van der Waals surface area contributed by atoms with Gasteiger partial charge in [0.1, 0.15) is 0 Å². The normalized spacial score (nSPS) is 23.2. The molecule has 0 fully saturated rings. The molecule has 4 heteroatoms. The predicted molar refractivity (Wildman–Crippen MR) is 73.5 cm³/mol. The largest absolute Gasteiger partial charge is 0.362 e. The number of aryl methyl sites for hydroxylation is 1. The van der Waals surface area contributed by atoms with Gasteiger partial charge < -0.3 is 9.05 Å². The molecule has 0 bridgehead atoms. The molecule has 1 atom stereocenters. The van der Waals surface area contributed by atoms with E-state index in [-0.39, 0.29) is 5.41 Å². The molecule has 3 nitrogen and oxygen atoms in total. The van der Waals surface area contributed by atoms with E-state index >= 15 is 0 Å². The van der Waals surface area contributed by atoms with Gasteiger partial charge in [0.15, 0.2) is 0 Å². The van der Waals surface area contributed by atoms with E-state index in [9.17, 15) is 4.57 Å². The fourth-order valence-corrected chi connectivity index (χ4v) is 4.24. The van der Waals surface area contributed by atoms with Crippen molar-refractivity contribution in [3.05, 3.63) is 28.8 Å². The molecule has 0 aromatic heterocycles. The van der Waals surface area contributed by atoms with Crippen molar-refractivity contribution in [2.75, 3.05) is 6.61 Å². The summed E-state index contributed by atoms with van der Waals surface area (Å²) in [5, 5.41) is 0.775. The zero-order valence-corrected chi connectivity index (χ0v) is 12.6. The van der Waals surface area contributed by atoms with E-state index in [1.54, 1.807) is 0 Å². The van der Waals surface area contributed by atoms with Gasteiger partial charge in [0.2, 0.25) is 0 Å². The maximum atomic E-state index is 12.6. The Morgan fingerprint density at radius 3 is 2.61 bits per heavy atom. The van der Waals surface area contributed by atoms with Crippen LogP contribution in [0.2, 0.25) is 0 Å². The number of hydrogen-bond donors (Lipinski definition) is 0. The molecule has 0 N–H and O–H groups in total. The lowest BCUT2D eigenvalue weighted by Gasteiger charge is -2.21. The van der Waals surface area contributed by atoms with Crippen LogP contribution in [0.25, 0.3) is 0 Å². The van der Waals surface area contributed by atoms with E-state index in [1.807, 2.05) is 13.8 Å². The van der Waals surface area contributed by atoms with Crippen LogP contribution in [0.5, 0.6) is 0 Å². The first-order chi connectivity index (χ1) is 8.28. The summed E-state index contributed by atoms with van der Waals surface area (Å²) >= 11 is 0. The Bertz CT molecular complexity index is 515. The summed E-state index contributed by atoms with van der Waals surface area (Å²) in [5.41, 5.74) is 3.34. The average molecular weight is 268 g/mol. The van der Waals surface area contributed by atoms with Crippen LogP contribution in [0, 0.1) is 6.92 Å². The average Bonchev–Trinajstić information content (AvgIpc) is 2.56. The predicted octanol–water partition coefficient (Wildman–Crippen LogP) is 3.68. The molecule has 100 valence electrons. The van der Waals surface area contributed by atoms with Crippen molar-refractivity contribution in [3.8, 4) is 0 Å². The summed E-state index contributed by atoms with van der Waals surface area (Å²) in [5.74, 6) is 0. The number of fused-ring (bicyclic) bond motifs is 1. The third kappa shape index (κ3) is 2.27. The Hall–Kier alpha value is -0.630. The van der Waals surface area contributed by atoms with Crippen molar-refractivity contribution in [2.45, 2.75) is 46.6 Å². The quantitative estimate of drug-likeness (QED) is 0.767. The number of rotatable bonds is 2. The zero-order valence-electron chi connectivity index (χ0n) is 11.7. The summed E-state index contributed by atoms with van der Waals surface area (Å²) in [4.78, 5) is 0. The molecule has 1 unspecified atom stereocenters. The van der Waals surface area contributed by atoms with Crippen molar-refractivity contribution < 1.29 is 13.6 Å². The molecule has 0 aliphatic carbocycles. The minimum absolute atomic E-state index is 0.0813. The van der Waals surface area contributed by atoms with Crippen LogP contribution in [0.3, 0.4) is 0 Å². The highest BCUT2D eigenvalue weighted by atomic mass is 31.2. The van der Waals surface area contributed by atoms with Crippen LogP contribution in [-0.4, -0.2) is 6.61 Å². The van der Waals surface area contributed by atoms with Gasteiger partial charge in [-0.3, -0.25) is 4.57 Å². The molecule has 0 saturated heterocycles. The van der Waals surface area contributed by atoms with E-state index in [0.717, 1.165) is 16.4 Å². The van der Waals surface area contributed by atoms with E-state index in [2.05, 4.69) is 32.9 Å². The van der Waals surface area contributed by atoms with E-state index < -0.39 is 7.60 Å². The van der Waals surface area contributed by atoms with Crippen LogP contribution in [-0.2, 0) is 25.6 Å². The van der Waals surface area contributed by atoms with Gasteiger partial charge >= 0.3 is 7.60 Å². The molecule has 1 aliphatic heterocycles. The third-order valence-corrected chi connectivity index (χ3v) is 5.46. The van der Waals surface area contributed by atoms with Gasteiger partial charge in [0, 0.05) is 0 Å². The van der Waals surface area contributed by atoms with Gasteiger partial charge in [-0.15, -0.1) is 0 Å². The number of hydrogen-bond acceptors (Lipinski definition) is 3. The summed E-state index contributed by atoms with van der Waals surface area (Å²) in [6.45, 7) is 11.1. The van der Waals surface area contributed by atoms with E-state index in [0.29, 0.717) is 13.2 Å². The third-order valence-electron chi connectivity index (χ3n) is 3.21. The Morgan fingerprint density at radius 2 is 2.06 bits per heavy atom. The van der Waals surface area contributed by atoms with Gasteiger partial charge in [0.25, 0.3) is 0 Å². The summed E-state index contributed by atoms with van der Waals surface area (Å²) in [7, 11) is -3.07. The lowest BCUT2D eigenvalue weighted by atomic mass is 9.85. The highest BCUT2D eigenvalue weighted by Crippen LogP contribution is 2.54. The van der Waals surface area contributed by atoms with Crippen LogP contribution in [0.1, 0.15) is 44.4 Å². The summed E-state index contributed by atoms with van der Waals surface area (Å²) in [6.07, 6.45) is 0.